The van der Waals surface area contributed by atoms with Crippen molar-refractivity contribution in [3.63, 3.8) is 0 Å². The van der Waals surface area contributed by atoms with Crippen LogP contribution in [-0.2, 0) is 11.3 Å². The molecular weight excluding hydrogens is 284 g/mol. The first-order valence-electron chi connectivity index (χ1n) is 7.75. The zero-order chi connectivity index (χ0) is 14.7. The fourth-order valence-corrected chi connectivity index (χ4v) is 3.10. The van der Waals surface area contributed by atoms with Gasteiger partial charge in [0.15, 0.2) is 4.77 Å². The van der Waals surface area contributed by atoms with Gasteiger partial charge in [-0.2, -0.15) is 0 Å². The van der Waals surface area contributed by atoms with Crippen LogP contribution in [0.25, 0.3) is 11.0 Å². The number of fused-ring (bicyclic) bond motifs is 1. The molecule has 0 radical (unpaired) electrons. The molecule has 5 heteroatoms. The maximum absolute atomic E-state index is 5.84. The Morgan fingerprint density at radius 2 is 2.33 bits per heavy atom. The second-order valence-corrected chi connectivity index (χ2v) is 5.91. The van der Waals surface area contributed by atoms with Gasteiger partial charge >= 0.3 is 0 Å². The van der Waals surface area contributed by atoms with Crippen molar-refractivity contribution in [2.75, 3.05) is 13.2 Å². The largest absolute Gasteiger partial charge is 0.491 e. The van der Waals surface area contributed by atoms with E-state index in [1.165, 1.54) is 12.8 Å². The lowest BCUT2D eigenvalue weighted by molar-refractivity contribution is 0.00641. The first kappa shape index (κ1) is 14.6. The number of nitrogens with one attached hydrogen (secondary N) is 1. The van der Waals surface area contributed by atoms with Crippen LogP contribution in [0.3, 0.4) is 0 Å². The summed E-state index contributed by atoms with van der Waals surface area (Å²) in [5.41, 5.74) is 2.09. The summed E-state index contributed by atoms with van der Waals surface area (Å²) in [6.07, 6.45) is 4.79. The molecule has 114 valence electrons. The number of benzene rings is 1. The molecule has 0 amide bonds. The Morgan fingerprint density at radius 1 is 1.43 bits per heavy atom. The SMILES string of the molecule is CCCOc1cccc2c1[nH]c(=S)n2CC1CCCCO1. The van der Waals surface area contributed by atoms with Crippen molar-refractivity contribution in [2.24, 2.45) is 0 Å². The van der Waals surface area contributed by atoms with Gasteiger partial charge < -0.3 is 19.0 Å². The van der Waals surface area contributed by atoms with Crippen LogP contribution in [0.15, 0.2) is 18.2 Å². The lowest BCUT2D eigenvalue weighted by atomic mass is 10.1. The van der Waals surface area contributed by atoms with Gasteiger partial charge in [0.05, 0.1) is 24.8 Å². The van der Waals surface area contributed by atoms with Crippen molar-refractivity contribution in [2.45, 2.75) is 45.3 Å². The maximum Gasteiger partial charge on any atom is 0.178 e. The van der Waals surface area contributed by atoms with Crippen molar-refractivity contribution in [3.05, 3.63) is 23.0 Å². The average molecular weight is 306 g/mol. The van der Waals surface area contributed by atoms with E-state index in [1.54, 1.807) is 0 Å². The summed E-state index contributed by atoms with van der Waals surface area (Å²) >= 11 is 5.49. The van der Waals surface area contributed by atoms with Gasteiger partial charge in [-0.15, -0.1) is 0 Å². The molecule has 1 aromatic carbocycles. The van der Waals surface area contributed by atoms with E-state index in [4.69, 9.17) is 21.7 Å². The topological polar surface area (TPSA) is 39.2 Å². The molecule has 1 N–H and O–H groups in total. The number of hydrogen-bond donors (Lipinski definition) is 1. The Bertz CT molecular complexity index is 656. The van der Waals surface area contributed by atoms with E-state index in [9.17, 15) is 0 Å². The van der Waals surface area contributed by atoms with E-state index in [0.717, 1.165) is 54.2 Å². The van der Waals surface area contributed by atoms with Gasteiger partial charge in [-0.05, 0) is 50.0 Å². The van der Waals surface area contributed by atoms with E-state index in [1.807, 2.05) is 12.1 Å². The number of imidazole rings is 1. The predicted molar refractivity (Wildman–Crippen MR) is 86.5 cm³/mol. The first-order chi connectivity index (χ1) is 10.3. The molecular formula is C16H22N2O2S. The van der Waals surface area contributed by atoms with Crippen LogP contribution >= 0.6 is 12.2 Å². The number of nitrogens with zero attached hydrogens (tertiary/aromatic N) is 1. The summed E-state index contributed by atoms with van der Waals surface area (Å²) in [6, 6.07) is 6.10. The molecule has 3 rings (SSSR count). The molecule has 1 atom stereocenters. The summed E-state index contributed by atoms with van der Waals surface area (Å²) in [7, 11) is 0. The third-order valence-corrected chi connectivity index (χ3v) is 4.22. The summed E-state index contributed by atoms with van der Waals surface area (Å²) in [5, 5.41) is 0. The highest BCUT2D eigenvalue weighted by Crippen LogP contribution is 2.26. The van der Waals surface area contributed by atoms with Gasteiger partial charge in [-0.3, -0.25) is 0 Å². The zero-order valence-corrected chi connectivity index (χ0v) is 13.2. The van der Waals surface area contributed by atoms with Crippen LogP contribution in [-0.4, -0.2) is 28.9 Å². The third kappa shape index (κ3) is 3.14. The van der Waals surface area contributed by atoms with Crippen molar-refractivity contribution in [1.82, 2.24) is 9.55 Å². The quantitative estimate of drug-likeness (QED) is 0.847. The van der Waals surface area contributed by atoms with Crippen LogP contribution in [0, 0.1) is 4.77 Å². The van der Waals surface area contributed by atoms with Crippen LogP contribution < -0.4 is 4.74 Å². The van der Waals surface area contributed by atoms with Crippen LogP contribution in [0.4, 0.5) is 0 Å². The Labute approximate surface area is 130 Å². The van der Waals surface area contributed by atoms with Gasteiger partial charge in [0, 0.05) is 6.61 Å². The monoisotopic (exact) mass is 306 g/mol. The minimum Gasteiger partial charge on any atom is -0.491 e. The van der Waals surface area contributed by atoms with Crippen LogP contribution in [0.5, 0.6) is 5.75 Å². The Kier molecular flexibility index (Phi) is 4.60. The lowest BCUT2D eigenvalue weighted by Crippen LogP contribution is -2.24. The Hall–Kier alpha value is -1.33. The van der Waals surface area contributed by atoms with Gasteiger partial charge in [-0.25, -0.2) is 0 Å². The normalized spacial score (nSPS) is 19.0. The summed E-state index contributed by atoms with van der Waals surface area (Å²) < 4.78 is 14.5. The highest BCUT2D eigenvalue weighted by atomic mass is 32.1. The standard InChI is InChI=1S/C16H22N2O2S/c1-2-9-20-14-8-5-7-13-15(14)17-16(21)18(13)11-12-6-3-4-10-19-12/h5,7-8,12H,2-4,6,9-11H2,1H3,(H,17,21). The minimum absolute atomic E-state index is 0.268. The lowest BCUT2D eigenvalue weighted by Gasteiger charge is -2.23. The molecule has 0 bridgehead atoms. The molecule has 0 aliphatic carbocycles. The Morgan fingerprint density at radius 3 is 3.10 bits per heavy atom. The number of ether oxygens (including phenoxy) is 2. The molecule has 1 fully saturated rings. The fourth-order valence-electron chi connectivity index (χ4n) is 2.82. The van der Waals surface area contributed by atoms with E-state index < -0.39 is 0 Å². The summed E-state index contributed by atoms with van der Waals surface area (Å²) in [6.45, 7) is 4.51. The number of aromatic amines is 1. The number of aromatic nitrogens is 2. The molecule has 1 unspecified atom stereocenters. The van der Waals surface area contributed by atoms with Gasteiger partial charge in [-0.1, -0.05) is 13.0 Å². The van der Waals surface area contributed by atoms with Crippen molar-refractivity contribution < 1.29 is 9.47 Å². The number of hydrogen-bond acceptors (Lipinski definition) is 3. The van der Waals surface area contributed by atoms with Crippen molar-refractivity contribution >= 4 is 23.3 Å². The molecule has 1 aromatic heterocycles. The van der Waals surface area contributed by atoms with Gasteiger partial charge in [0.25, 0.3) is 0 Å². The molecule has 0 saturated carbocycles. The maximum atomic E-state index is 5.84. The van der Waals surface area contributed by atoms with Gasteiger partial charge in [0.2, 0.25) is 0 Å². The average Bonchev–Trinajstić information content (AvgIpc) is 2.83. The number of para-hydroxylation sites is 1. The van der Waals surface area contributed by atoms with E-state index in [-0.39, 0.29) is 6.10 Å². The molecule has 1 saturated heterocycles. The predicted octanol–water partition coefficient (Wildman–Crippen LogP) is 4.06. The molecule has 21 heavy (non-hydrogen) atoms. The number of rotatable bonds is 5. The molecule has 1 aliphatic heterocycles. The molecule has 1 aliphatic rings. The molecule has 0 spiro atoms. The second-order valence-electron chi connectivity index (χ2n) is 5.53. The number of H-pyrrole nitrogens is 1. The first-order valence-corrected chi connectivity index (χ1v) is 8.16. The van der Waals surface area contributed by atoms with Crippen LogP contribution in [0.2, 0.25) is 0 Å². The van der Waals surface area contributed by atoms with E-state index >= 15 is 0 Å². The van der Waals surface area contributed by atoms with Gasteiger partial charge in [0.1, 0.15) is 11.3 Å². The van der Waals surface area contributed by atoms with E-state index in [2.05, 4.69) is 22.5 Å². The minimum atomic E-state index is 0.268. The van der Waals surface area contributed by atoms with Crippen molar-refractivity contribution in [1.29, 1.82) is 0 Å². The smallest absolute Gasteiger partial charge is 0.178 e. The van der Waals surface area contributed by atoms with Crippen molar-refractivity contribution in [3.8, 4) is 5.75 Å². The highest BCUT2D eigenvalue weighted by molar-refractivity contribution is 7.71. The zero-order valence-electron chi connectivity index (χ0n) is 12.4. The molecule has 2 aromatic rings. The second kappa shape index (κ2) is 6.62. The summed E-state index contributed by atoms with van der Waals surface area (Å²) in [4.78, 5) is 3.29. The highest BCUT2D eigenvalue weighted by Gasteiger charge is 2.17. The fraction of sp³-hybridized carbons (Fsp3) is 0.562. The van der Waals surface area contributed by atoms with E-state index in [0.29, 0.717) is 0 Å². The Balaban J connectivity index is 1.91. The van der Waals surface area contributed by atoms with Crippen LogP contribution in [0.1, 0.15) is 32.6 Å². The summed E-state index contributed by atoms with van der Waals surface area (Å²) in [5.74, 6) is 0.878. The third-order valence-electron chi connectivity index (χ3n) is 3.89. The molecule has 2 heterocycles. The molecule has 4 nitrogen and oxygen atoms in total.